The molecule has 0 aliphatic carbocycles. The Labute approximate surface area is 92.3 Å². The second-order valence-electron chi connectivity index (χ2n) is 2.94. The highest BCUT2D eigenvalue weighted by atomic mass is 16.2. The summed E-state index contributed by atoms with van der Waals surface area (Å²) in [6.45, 7) is 1.57. The lowest BCUT2D eigenvalue weighted by atomic mass is 10.4. The molecule has 0 atom stereocenters. The predicted octanol–water partition coefficient (Wildman–Crippen LogP) is -0.144. The number of aromatic amines is 1. The van der Waals surface area contributed by atoms with Gasteiger partial charge in [-0.25, -0.2) is 4.98 Å². The topological polar surface area (TPSA) is 109 Å². The first kappa shape index (κ1) is 11.7. The third-order valence-electron chi connectivity index (χ3n) is 1.87. The van der Waals surface area contributed by atoms with Gasteiger partial charge in [-0.3, -0.25) is 9.89 Å². The van der Waals surface area contributed by atoms with E-state index in [-0.39, 0.29) is 18.9 Å². The fourth-order valence-corrected chi connectivity index (χ4v) is 1.06. The molecule has 0 aliphatic rings. The molecule has 82 valence electrons. The van der Waals surface area contributed by atoms with Crippen LogP contribution in [0, 0.1) is 22.7 Å². The van der Waals surface area contributed by atoms with Gasteiger partial charge in [-0.15, -0.1) is 5.10 Å². The molecule has 0 aliphatic heterocycles. The van der Waals surface area contributed by atoms with E-state index in [0.717, 1.165) is 4.90 Å². The molecule has 0 saturated carbocycles. The molecule has 7 nitrogen and oxygen atoms in total. The number of carbonyl (C=O) groups is 1. The highest BCUT2D eigenvalue weighted by molar-refractivity contribution is 5.90. The van der Waals surface area contributed by atoms with Crippen molar-refractivity contribution in [2.75, 3.05) is 13.1 Å². The van der Waals surface area contributed by atoms with Crippen molar-refractivity contribution in [3.05, 3.63) is 11.6 Å². The van der Waals surface area contributed by atoms with Crippen molar-refractivity contribution < 1.29 is 4.79 Å². The zero-order valence-corrected chi connectivity index (χ0v) is 8.77. The molecular weight excluding hydrogens is 208 g/mol. The number of aryl methyl sites for hydroxylation is 1. The van der Waals surface area contributed by atoms with Crippen LogP contribution in [0.25, 0.3) is 0 Å². The Hall–Kier alpha value is -2.41. The van der Waals surface area contributed by atoms with Gasteiger partial charge >= 0.3 is 0 Å². The maximum Gasteiger partial charge on any atom is 0.295 e. The summed E-state index contributed by atoms with van der Waals surface area (Å²) in [5.41, 5.74) is 0. The van der Waals surface area contributed by atoms with Gasteiger partial charge in [0, 0.05) is 6.42 Å². The van der Waals surface area contributed by atoms with E-state index in [1.807, 2.05) is 19.1 Å². The lowest BCUT2D eigenvalue weighted by Gasteiger charge is -2.12. The normalized spacial score (nSPS) is 9.19. The number of hydrogen-bond acceptors (Lipinski definition) is 5. The van der Waals surface area contributed by atoms with Crippen molar-refractivity contribution in [1.29, 1.82) is 10.5 Å². The van der Waals surface area contributed by atoms with Gasteiger partial charge in [0.1, 0.15) is 18.9 Å². The van der Waals surface area contributed by atoms with Crippen LogP contribution < -0.4 is 0 Å². The average molecular weight is 218 g/mol. The highest BCUT2D eigenvalue weighted by Crippen LogP contribution is 1.99. The molecule has 0 bridgehead atoms. The van der Waals surface area contributed by atoms with Gasteiger partial charge in [-0.1, -0.05) is 6.92 Å². The quantitative estimate of drug-likeness (QED) is 0.707. The zero-order valence-electron chi connectivity index (χ0n) is 8.77. The first-order valence-electron chi connectivity index (χ1n) is 4.67. The van der Waals surface area contributed by atoms with E-state index in [1.165, 1.54) is 0 Å². The Morgan fingerprint density at radius 2 is 2.06 bits per heavy atom. The molecule has 16 heavy (non-hydrogen) atoms. The first-order valence-corrected chi connectivity index (χ1v) is 4.67. The summed E-state index contributed by atoms with van der Waals surface area (Å²) in [5, 5.41) is 23.3. The molecule has 1 aromatic heterocycles. The standard InChI is InChI=1S/C9H10N6O/c1-2-7-12-8(14-13-7)9(16)15(5-3-10)6-4-11/h2,5-6H2,1H3,(H,12,13,14). The van der Waals surface area contributed by atoms with E-state index in [0.29, 0.717) is 12.2 Å². The third-order valence-corrected chi connectivity index (χ3v) is 1.87. The smallest absolute Gasteiger partial charge is 0.295 e. The second kappa shape index (κ2) is 5.47. The molecule has 1 amide bonds. The molecule has 7 heteroatoms. The summed E-state index contributed by atoms with van der Waals surface area (Å²) in [5.74, 6) is 0.0682. The summed E-state index contributed by atoms with van der Waals surface area (Å²) in [6.07, 6.45) is 0.636. The number of amides is 1. The minimum atomic E-state index is -0.515. The van der Waals surface area contributed by atoms with E-state index >= 15 is 0 Å². The number of aromatic nitrogens is 3. The van der Waals surface area contributed by atoms with Crippen molar-refractivity contribution in [2.45, 2.75) is 13.3 Å². The molecule has 0 fully saturated rings. The monoisotopic (exact) mass is 218 g/mol. The molecule has 1 heterocycles. The molecule has 0 saturated heterocycles. The third kappa shape index (κ3) is 2.55. The molecule has 0 spiro atoms. The Balaban J connectivity index is 2.82. The van der Waals surface area contributed by atoms with Crippen LogP contribution in [0.3, 0.4) is 0 Å². The molecule has 0 aromatic carbocycles. The molecular formula is C9H10N6O. The first-order chi connectivity index (χ1) is 7.72. The Kier molecular flexibility index (Phi) is 3.98. The number of H-pyrrole nitrogens is 1. The van der Waals surface area contributed by atoms with E-state index in [2.05, 4.69) is 15.2 Å². The van der Waals surface area contributed by atoms with Crippen LogP contribution in [0.2, 0.25) is 0 Å². The summed E-state index contributed by atoms with van der Waals surface area (Å²) in [7, 11) is 0. The van der Waals surface area contributed by atoms with Gasteiger partial charge in [-0.05, 0) is 0 Å². The van der Waals surface area contributed by atoms with Crippen molar-refractivity contribution in [3.63, 3.8) is 0 Å². The maximum absolute atomic E-state index is 11.7. The summed E-state index contributed by atoms with van der Waals surface area (Å²) in [6, 6.07) is 3.62. The van der Waals surface area contributed by atoms with Gasteiger partial charge in [0.25, 0.3) is 5.91 Å². The van der Waals surface area contributed by atoms with Crippen LogP contribution in [0.15, 0.2) is 0 Å². The van der Waals surface area contributed by atoms with Crippen molar-refractivity contribution >= 4 is 5.91 Å². The number of nitrogens with one attached hydrogen (secondary N) is 1. The minimum absolute atomic E-state index is 0.0117. The van der Waals surface area contributed by atoms with E-state index < -0.39 is 5.91 Å². The SMILES string of the molecule is CCc1nc(C(=O)N(CC#N)CC#N)n[nH]1. The molecule has 0 radical (unpaired) electrons. The van der Waals surface area contributed by atoms with E-state index in [4.69, 9.17) is 10.5 Å². The highest BCUT2D eigenvalue weighted by Gasteiger charge is 2.19. The van der Waals surface area contributed by atoms with Crippen LogP contribution in [-0.2, 0) is 6.42 Å². The van der Waals surface area contributed by atoms with Crippen LogP contribution >= 0.6 is 0 Å². The average Bonchev–Trinajstić information content (AvgIpc) is 2.76. The van der Waals surface area contributed by atoms with Crippen LogP contribution in [-0.4, -0.2) is 39.1 Å². The predicted molar refractivity (Wildman–Crippen MR) is 52.9 cm³/mol. The maximum atomic E-state index is 11.7. The van der Waals surface area contributed by atoms with E-state index in [1.54, 1.807) is 0 Å². The fourth-order valence-electron chi connectivity index (χ4n) is 1.06. The Morgan fingerprint density at radius 1 is 1.44 bits per heavy atom. The number of carbonyl (C=O) groups excluding carboxylic acids is 1. The van der Waals surface area contributed by atoms with Gasteiger partial charge in [-0.2, -0.15) is 10.5 Å². The van der Waals surface area contributed by atoms with Gasteiger partial charge in [0.05, 0.1) is 12.1 Å². The van der Waals surface area contributed by atoms with Gasteiger partial charge < -0.3 is 4.90 Å². The number of nitrogens with zero attached hydrogens (tertiary/aromatic N) is 5. The van der Waals surface area contributed by atoms with Gasteiger partial charge in [0.15, 0.2) is 0 Å². The second-order valence-corrected chi connectivity index (χ2v) is 2.94. The van der Waals surface area contributed by atoms with E-state index in [9.17, 15) is 4.79 Å². The van der Waals surface area contributed by atoms with Crippen LogP contribution in [0.5, 0.6) is 0 Å². The van der Waals surface area contributed by atoms with Crippen LogP contribution in [0.4, 0.5) is 0 Å². The lowest BCUT2D eigenvalue weighted by molar-refractivity contribution is 0.0783. The fraction of sp³-hybridized carbons (Fsp3) is 0.444. The van der Waals surface area contributed by atoms with Gasteiger partial charge in [0.2, 0.25) is 5.82 Å². The molecule has 1 aromatic rings. The summed E-state index contributed by atoms with van der Waals surface area (Å²) >= 11 is 0. The zero-order chi connectivity index (χ0) is 12.0. The Bertz CT molecular complexity index is 435. The van der Waals surface area contributed by atoms with Crippen molar-refractivity contribution in [2.24, 2.45) is 0 Å². The minimum Gasteiger partial charge on any atom is -0.309 e. The lowest BCUT2D eigenvalue weighted by Crippen LogP contribution is -2.32. The Morgan fingerprint density at radius 3 is 2.50 bits per heavy atom. The summed E-state index contributed by atoms with van der Waals surface area (Å²) in [4.78, 5) is 16.8. The largest absolute Gasteiger partial charge is 0.309 e. The van der Waals surface area contributed by atoms with Crippen LogP contribution in [0.1, 0.15) is 23.4 Å². The molecule has 1 rings (SSSR count). The number of nitriles is 2. The number of rotatable bonds is 4. The summed E-state index contributed by atoms with van der Waals surface area (Å²) < 4.78 is 0. The molecule has 1 N–H and O–H groups in total. The number of hydrogen-bond donors (Lipinski definition) is 1. The van der Waals surface area contributed by atoms with Crippen molar-refractivity contribution in [3.8, 4) is 12.1 Å². The van der Waals surface area contributed by atoms with Crippen molar-refractivity contribution in [1.82, 2.24) is 20.1 Å². The molecule has 0 unspecified atom stereocenters.